The highest BCUT2D eigenvalue weighted by atomic mass is 16.5. The molecule has 6 heteroatoms. The van der Waals surface area contributed by atoms with Crippen molar-refractivity contribution in [2.24, 2.45) is 0 Å². The zero-order chi connectivity index (χ0) is 19.5. The Balaban J connectivity index is 1.33. The molecule has 1 aromatic heterocycles. The first-order chi connectivity index (χ1) is 13.6. The number of para-hydroxylation sites is 2. The van der Waals surface area contributed by atoms with Crippen LogP contribution in [-0.2, 0) is 27.2 Å². The maximum atomic E-state index is 12.3. The molecule has 0 spiro atoms. The van der Waals surface area contributed by atoms with Gasteiger partial charge in [0.15, 0.2) is 11.7 Å². The minimum absolute atomic E-state index is 0.299. The molecule has 1 atom stereocenters. The van der Waals surface area contributed by atoms with E-state index in [0.29, 0.717) is 17.0 Å². The molecule has 28 heavy (non-hydrogen) atoms. The molecule has 142 valence electrons. The number of nitrogens with zero attached hydrogens (tertiary/aromatic N) is 1. The third kappa shape index (κ3) is 3.96. The number of anilines is 1. The molecule has 0 fully saturated rings. The Labute approximate surface area is 162 Å². The van der Waals surface area contributed by atoms with E-state index in [-0.39, 0.29) is 5.91 Å². The maximum Gasteiger partial charge on any atom is 0.331 e. The van der Waals surface area contributed by atoms with Gasteiger partial charge in [-0.3, -0.25) is 4.79 Å². The molecule has 0 aliphatic heterocycles. The summed E-state index contributed by atoms with van der Waals surface area (Å²) in [7, 11) is 0. The van der Waals surface area contributed by atoms with Crippen LogP contribution in [0.25, 0.3) is 17.2 Å². The summed E-state index contributed by atoms with van der Waals surface area (Å²) >= 11 is 0. The van der Waals surface area contributed by atoms with Crippen molar-refractivity contribution >= 4 is 34.7 Å². The summed E-state index contributed by atoms with van der Waals surface area (Å²) in [4.78, 5) is 28.5. The number of hydrogen-bond acceptors (Lipinski definition) is 5. The average Bonchev–Trinajstić information content (AvgIpc) is 3.32. The van der Waals surface area contributed by atoms with Gasteiger partial charge in [0.05, 0.1) is 0 Å². The third-order valence-electron chi connectivity index (χ3n) is 4.70. The number of fused-ring (bicyclic) bond motifs is 2. The zero-order valence-electron chi connectivity index (χ0n) is 15.5. The van der Waals surface area contributed by atoms with Crippen LogP contribution >= 0.6 is 0 Å². The summed E-state index contributed by atoms with van der Waals surface area (Å²) < 4.78 is 10.7. The number of esters is 1. The van der Waals surface area contributed by atoms with E-state index >= 15 is 0 Å². The van der Waals surface area contributed by atoms with Gasteiger partial charge >= 0.3 is 5.97 Å². The molecule has 4 rings (SSSR count). The number of nitrogens with one attached hydrogen (secondary N) is 1. The summed E-state index contributed by atoms with van der Waals surface area (Å²) in [6.07, 6.45) is 4.97. The number of hydrogen-bond donors (Lipinski definition) is 1. The summed E-state index contributed by atoms with van der Waals surface area (Å²) in [6.45, 7) is 1.54. The van der Waals surface area contributed by atoms with Crippen molar-refractivity contribution < 1.29 is 18.7 Å². The van der Waals surface area contributed by atoms with Gasteiger partial charge in [0.2, 0.25) is 5.89 Å². The summed E-state index contributed by atoms with van der Waals surface area (Å²) in [6, 6.07) is 13.2. The third-order valence-corrected chi connectivity index (χ3v) is 4.70. The number of carbonyl (C=O) groups is 2. The molecule has 0 saturated carbocycles. The van der Waals surface area contributed by atoms with Crippen LogP contribution < -0.4 is 5.32 Å². The molecular formula is C22H20N2O4. The second-order valence-electron chi connectivity index (χ2n) is 6.76. The molecule has 2 aromatic carbocycles. The molecule has 1 aliphatic rings. The fourth-order valence-electron chi connectivity index (χ4n) is 3.26. The molecule has 1 heterocycles. The minimum Gasteiger partial charge on any atom is -0.449 e. The van der Waals surface area contributed by atoms with Crippen LogP contribution in [0.5, 0.6) is 0 Å². The zero-order valence-corrected chi connectivity index (χ0v) is 15.5. The topological polar surface area (TPSA) is 81.4 Å². The van der Waals surface area contributed by atoms with E-state index < -0.39 is 12.1 Å². The Morgan fingerprint density at radius 3 is 2.86 bits per heavy atom. The molecule has 1 N–H and O–H groups in total. The second kappa shape index (κ2) is 7.68. The largest absolute Gasteiger partial charge is 0.449 e. The van der Waals surface area contributed by atoms with E-state index in [2.05, 4.69) is 10.3 Å². The predicted octanol–water partition coefficient (Wildman–Crippen LogP) is 3.90. The lowest BCUT2D eigenvalue weighted by Crippen LogP contribution is -2.29. The van der Waals surface area contributed by atoms with Crippen molar-refractivity contribution in [3.63, 3.8) is 0 Å². The molecule has 6 nitrogen and oxygen atoms in total. The maximum absolute atomic E-state index is 12.3. The lowest BCUT2D eigenvalue weighted by molar-refractivity contribution is -0.148. The van der Waals surface area contributed by atoms with Gasteiger partial charge in [-0.15, -0.1) is 0 Å². The van der Waals surface area contributed by atoms with Gasteiger partial charge in [-0.1, -0.05) is 18.2 Å². The van der Waals surface area contributed by atoms with Crippen molar-refractivity contribution in [2.75, 3.05) is 5.32 Å². The predicted molar refractivity (Wildman–Crippen MR) is 106 cm³/mol. The fraction of sp³-hybridized carbons (Fsp3) is 0.227. The molecule has 3 aromatic rings. The van der Waals surface area contributed by atoms with Crippen molar-refractivity contribution in [1.82, 2.24) is 4.98 Å². The Kier molecular flexibility index (Phi) is 4.93. The van der Waals surface area contributed by atoms with Crippen LogP contribution in [-0.4, -0.2) is 23.0 Å². The second-order valence-corrected chi connectivity index (χ2v) is 6.76. The summed E-state index contributed by atoms with van der Waals surface area (Å²) in [5.74, 6) is -0.714. The van der Waals surface area contributed by atoms with Crippen LogP contribution in [0.2, 0.25) is 0 Å². The van der Waals surface area contributed by atoms with Gasteiger partial charge in [0.1, 0.15) is 5.52 Å². The van der Waals surface area contributed by atoms with Gasteiger partial charge in [-0.25, -0.2) is 9.78 Å². The first-order valence-electron chi connectivity index (χ1n) is 9.25. The minimum atomic E-state index is -0.922. The van der Waals surface area contributed by atoms with Crippen LogP contribution in [0.4, 0.5) is 5.69 Å². The van der Waals surface area contributed by atoms with Crippen molar-refractivity contribution in [3.05, 3.63) is 65.6 Å². The van der Waals surface area contributed by atoms with Gasteiger partial charge in [0, 0.05) is 17.8 Å². The number of oxazole rings is 1. The highest BCUT2D eigenvalue weighted by Crippen LogP contribution is 2.25. The SMILES string of the molecule is C[C@H](OC(=O)/C=C/c1nc2ccccc2o1)C(=O)Nc1ccc2c(c1)CCC2. The van der Waals surface area contributed by atoms with E-state index in [1.54, 1.807) is 6.07 Å². The summed E-state index contributed by atoms with van der Waals surface area (Å²) in [5.41, 5.74) is 4.66. The standard InChI is InChI=1S/C22H20N2O4/c1-14(22(26)23-17-10-9-15-5-4-6-16(15)13-17)27-21(25)12-11-20-24-18-7-2-3-8-19(18)28-20/h2-3,7-14H,4-6H2,1H3,(H,23,26)/b12-11+/t14-/m0/s1. The van der Waals surface area contributed by atoms with Gasteiger partial charge in [-0.05, 0) is 61.6 Å². The van der Waals surface area contributed by atoms with E-state index in [9.17, 15) is 9.59 Å². The molecular weight excluding hydrogens is 356 g/mol. The highest BCUT2D eigenvalue weighted by Gasteiger charge is 2.18. The molecule has 0 radical (unpaired) electrons. The van der Waals surface area contributed by atoms with E-state index in [4.69, 9.17) is 9.15 Å². The van der Waals surface area contributed by atoms with Crippen LogP contribution in [0.15, 0.2) is 53.0 Å². The number of rotatable bonds is 5. The number of amides is 1. The van der Waals surface area contributed by atoms with E-state index in [1.165, 1.54) is 30.2 Å². The molecule has 0 unspecified atom stereocenters. The lowest BCUT2D eigenvalue weighted by atomic mass is 10.1. The lowest BCUT2D eigenvalue weighted by Gasteiger charge is -2.13. The molecule has 0 saturated heterocycles. The number of carbonyl (C=O) groups excluding carboxylic acids is 2. The van der Waals surface area contributed by atoms with Crippen molar-refractivity contribution in [2.45, 2.75) is 32.3 Å². The van der Waals surface area contributed by atoms with Crippen LogP contribution in [0, 0.1) is 0 Å². The Morgan fingerprint density at radius 1 is 1.18 bits per heavy atom. The molecule has 1 amide bonds. The Hall–Kier alpha value is -3.41. The fourth-order valence-corrected chi connectivity index (χ4v) is 3.26. The molecule has 0 bridgehead atoms. The van der Waals surface area contributed by atoms with Crippen LogP contribution in [0.1, 0.15) is 30.4 Å². The number of ether oxygens (including phenoxy) is 1. The quantitative estimate of drug-likeness (QED) is 0.539. The van der Waals surface area contributed by atoms with Crippen molar-refractivity contribution in [3.8, 4) is 0 Å². The summed E-state index contributed by atoms with van der Waals surface area (Å²) in [5, 5.41) is 2.80. The van der Waals surface area contributed by atoms with Gasteiger partial charge in [0.25, 0.3) is 5.91 Å². The normalized spacial score (nSPS) is 14.2. The average molecular weight is 376 g/mol. The Morgan fingerprint density at radius 2 is 2.00 bits per heavy atom. The van der Waals surface area contributed by atoms with E-state index in [1.807, 2.05) is 36.4 Å². The first kappa shape index (κ1) is 18.0. The van der Waals surface area contributed by atoms with Crippen molar-refractivity contribution in [1.29, 1.82) is 0 Å². The first-order valence-corrected chi connectivity index (χ1v) is 9.25. The number of benzene rings is 2. The van der Waals surface area contributed by atoms with Gasteiger partial charge < -0.3 is 14.5 Å². The highest BCUT2D eigenvalue weighted by molar-refractivity contribution is 5.96. The number of aromatic nitrogens is 1. The van der Waals surface area contributed by atoms with Crippen LogP contribution in [0.3, 0.4) is 0 Å². The van der Waals surface area contributed by atoms with E-state index in [0.717, 1.165) is 24.9 Å². The smallest absolute Gasteiger partial charge is 0.331 e. The van der Waals surface area contributed by atoms with Gasteiger partial charge in [-0.2, -0.15) is 0 Å². The monoisotopic (exact) mass is 376 g/mol. The molecule has 1 aliphatic carbocycles. The Bertz CT molecular complexity index is 1030. The number of aryl methyl sites for hydroxylation is 2.